The summed E-state index contributed by atoms with van der Waals surface area (Å²) in [6, 6.07) is 7.94. The molecule has 0 bridgehead atoms. The van der Waals surface area contributed by atoms with Gasteiger partial charge >= 0.3 is 5.97 Å². The minimum absolute atomic E-state index is 0.169. The van der Waals surface area contributed by atoms with Gasteiger partial charge in [-0.05, 0) is 44.0 Å². The number of ether oxygens (including phenoxy) is 2. The number of rotatable bonds is 7. The number of aromatic nitrogens is 1. The lowest BCUT2D eigenvalue weighted by Crippen LogP contribution is -2.26. The van der Waals surface area contributed by atoms with Crippen LogP contribution in [0, 0.1) is 0 Å². The quantitative estimate of drug-likeness (QED) is 0.645. The van der Waals surface area contributed by atoms with Crippen molar-refractivity contribution in [2.75, 3.05) is 11.9 Å². The molecule has 0 saturated heterocycles. The van der Waals surface area contributed by atoms with Crippen LogP contribution in [-0.2, 0) is 16.1 Å². The van der Waals surface area contributed by atoms with Gasteiger partial charge in [-0.25, -0.2) is 9.78 Å². The van der Waals surface area contributed by atoms with E-state index in [-0.39, 0.29) is 6.61 Å². The first-order valence-electron chi connectivity index (χ1n) is 7.79. The van der Waals surface area contributed by atoms with Gasteiger partial charge in [0.2, 0.25) is 0 Å². The molecule has 128 valence electrons. The van der Waals surface area contributed by atoms with Crippen LogP contribution >= 0.6 is 27.3 Å². The molecule has 0 radical (unpaired) electrons. The molecule has 24 heavy (non-hydrogen) atoms. The molecule has 0 spiro atoms. The van der Waals surface area contributed by atoms with Gasteiger partial charge in [0.25, 0.3) is 0 Å². The molecule has 1 saturated carbocycles. The number of esters is 1. The van der Waals surface area contributed by atoms with Gasteiger partial charge in [-0.15, -0.1) is 11.3 Å². The van der Waals surface area contributed by atoms with Crippen molar-refractivity contribution >= 4 is 38.4 Å². The molecule has 3 rings (SSSR count). The SMILES string of the molecule is CC(Oc1ccc(Br)cc1)C(=O)OCc1csc(N(C)C2CC2)n1. The molecule has 1 heterocycles. The van der Waals surface area contributed by atoms with Crippen LogP contribution in [0.2, 0.25) is 0 Å². The molecule has 1 aromatic heterocycles. The fraction of sp³-hybridized carbons (Fsp3) is 0.412. The van der Waals surface area contributed by atoms with Crippen molar-refractivity contribution < 1.29 is 14.3 Å². The fourth-order valence-corrected chi connectivity index (χ4v) is 3.28. The Morgan fingerprint density at radius 2 is 2.12 bits per heavy atom. The van der Waals surface area contributed by atoms with E-state index in [1.165, 1.54) is 12.8 Å². The topological polar surface area (TPSA) is 51.7 Å². The van der Waals surface area contributed by atoms with Crippen LogP contribution in [-0.4, -0.2) is 30.1 Å². The maximum atomic E-state index is 12.1. The number of nitrogens with zero attached hydrogens (tertiary/aromatic N) is 2. The first kappa shape index (κ1) is 17.2. The summed E-state index contributed by atoms with van der Waals surface area (Å²) in [4.78, 5) is 18.8. The van der Waals surface area contributed by atoms with Crippen molar-refractivity contribution in [3.63, 3.8) is 0 Å². The van der Waals surface area contributed by atoms with Crippen LogP contribution in [0.4, 0.5) is 5.13 Å². The van der Waals surface area contributed by atoms with E-state index in [0.29, 0.717) is 11.8 Å². The Kier molecular flexibility index (Phi) is 5.40. The van der Waals surface area contributed by atoms with Gasteiger partial charge in [-0.2, -0.15) is 0 Å². The average molecular weight is 411 g/mol. The summed E-state index contributed by atoms with van der Waals surface area (Å²) in [6.07, 6.45) is 1.79. The molecule has 2 aromatic rings. The van der Waals surface area contributed by atoms with Crippen molar-refractivity contribution in [2.45, 2.75) is 38.5 Å². The Hall–Kier alpha value is -1.60. The van der Waals surface area contributed by atoms with Crippen LogP contribution in [0.15, 0.2) is 34.1 Å². The molecule has 1 aliphatic carbocycles. The van der Waals surface area contributed by atoms with Crippen LogP contribution < -0.4 is 9.64 Å². The Labute approximate surface area is 153 Å². The predicted molar refractivity (Wildman–Crippen MR) is 97.6 cm³/mol. The highest BCUT2D eigenvalue weighted by Crippen LogP contribution is 2.32. The van der Waals surface area contributed by atoms with Crippen LogP contribution in [0.25, 0.3) is 0 Å². The zero-order chi connectivity index (χ0) is 17.1. The highest BCUT2D eigenvalue weighted by Gasteiger charge is 2.28. The summed E-state index contributed by atoms with van der Waals surface area (Å²) in [7, 11) is 2.06. The largest absolute Gasteiger partial charge is 0.479 e. The van der Waals surface area contributed by atoms with E-state index in [1.807, 2.05) is 17.5 Å². The molecular formula is C17H19BrN2O3S. The first-order valence-corrected chi connectivity index (χ1v) is 9.46. The number of halogens is 1. The second-order valence-electron chi connectivity index (χ2n) is 5.79. The van der Waals surface area contributed by atoms with Crippen molar-refractivity contribution in [3.05, 3.63) is 39.8 Å². The molecule has 5 nitrogen and oxygen atoms in total. The standard InChI is InChI=1S/C17H19BrN2O3S/c1-11(23-15-7-3-12(18)4-8-15)16(21)22-9-13-10-24-17(19-13)20(2)14-5-6-14/h3-4,7-8,10-11,14H,5-6,9H2,1-2H3. The Morgan fingerprint density at radius 3 is 2.79 bits per heavy atom. The summed E-state index contributed by atoms with van der Waals surface area (Å²) >= 11 is 4.94. The van der Waals surface area contributed by atoms with Gasteiger partial charge in [-0.3, -0.25) is 0 Å². The maximum absolute atomic E-state index is 12.1. The lowest BCUT2D eigenvalue weighted by Gasteiger charge is -2.14. The van der Waals surface area contributed by atoms with Crippen LogP contribution in [0.1, 0.15) is 25.5 Å². The minimum Gasteiger partial charge on any atom is -0.479 e. The summed E-state index contributed by atoms with van der Waals surface area (Å²) in [5.74, 6) is 0.229. The maximum Gasteiger partial charge on any atom is 0.347 e. The molecule has 1 atom stereocenters. The highest BCUT2D eigenvalue weighted by atomic mass is 79.9. The number of anilines is 1. The first-order chi connectivity index (χ1) is 11.5. The van der Waals surface area contributed by atoms with E-state index in [0.717, 1.165) is 15.3 Å². The van der Waals surface area contributed by atoms with Crippen molar-refractivity contribution in [1.29, 1.82) is 0 Å². The molecule has 0 N–H and O–H groups in total. The normalized spacial score (nSPS) is 15.0. The van der Waals surface area contributed by atoms with Gasteiger partial charge < -0.3 is 14.4 Å². The third-order valence-electron chi connectivity index (χ3n) is 3.76. The highest BCUT2D eigenvalue weighted by molar-refractivity contribution is 9.10. The zero-order valence-corrected chi connectivity index (χ0v) is 16.0. The van der Waals surface area contributed by atoms with E-state index in [4.69, 9.17) is 9.47 Å². The van der Waals surface area contributed by atoms with Crippen molar-refractivity contribution in [3.8, 4) is 5.75 Å². The lowest BCUT2D eigenvalue weighted by molar-refractivity contribution is -0.152. The number of hydrogen-bond donors (Lipinski definition) is 0. The molecule has 1 aliphatic rings. The number of benzene rings is 1. The fourth-order valence-electron chi connectivity index (χ4n) is 2.17. The van der Waals surface area contributed by atoms with E-state index < -0.39 is 12.1 Å². The molecule has 1 unspecified atom stereocenters. The second-order valence-corrected chi connectivity index (χ2v) is 7.54. The van der Waals surface area contributed by atoms with Crippen molar-refractivity contribution in [2.24, 2.45) is 0 Å². The predicted octanol–water partition coefficient (Wildman–Crippen LogP) is 4.01. The van der Waals surface area contributed by atoms with E-state index in [2.05, 4.69) is 32.9 Å². The van der Waals surface area contributed by atoms with Crippen molar-refractivity contribution in [1.82, 2.24) is 4.98 Å². The number of carbonyl (C=O) groups excluding carboxylic acids is 1. The Morgan fingerprint density at radius 1 is 1.42 bits per heavy atom. The molecule has 1 aromatic carbocycles. The van der Waals surface area contributed by atoms with Gasteiger partial charge in [-0.1, -0.05) is 15.9 Å². The third-order valence-corrected chi connectivity index (χ3v) is 5.27. The van der Waals surface area contributed by atoms with Crippen LogP contribution in [0.3, 0.4) is 0 Å². The number of carbonyl (C=O) groups is 1. The number of thiazole rings is 1. The Balaban J connectivity index is 1.48. The third kappa shape index (κ3) is 4.48. The average Bonchev–Trinajstić information content (AvgIpc) is 3.32. The Bertz CT molecular complexity index is 700. The summed E-state index contributed by atoms with van der Waals surface area (Å²) < 4.78 is 11.8. The minimum atomic E-state index is -0.668. The van der Waals surface area contributed by atoms with Gasteiger partial charge in [0.05, 0.1) is 5.69 Å². The van der Waals surface area contributed by atoms with E-state index in [1.54, 1.807) is 30.4 Å². The summed E-state index contributed by atoms with van der Waals surface area (Å²) in [6.45, 7) is 1.85. The molecular weight excluding hydrogens is 392 g/mol. The van der Waals surface area contributed by atoms with Crippen LogP contribution in [0.5, 0.6) is 5.75 Å². The molecule has 7 heteroatoms. The monoisotopic (exact) mass is 410 g/mol. The molecule has 1 fully saturated rings. The lowest BCUT2D eigenvalue weighted by atomic mass is 10.3. The van der Waals surface area contributed by atoms with E-state index >= 15 is 0 Å². The molecule has 0 aliphatic heterocycles. The number of hydrogen-bond acceptors (Lipinski definition) is 6. The molecule has 0 amide bonds. The smallest absolute Gasteiger partial charge is 0.347 e. The van der Waals surface area contributed by atoms with E-state index in [9.17, 15) is 4.79 Å². The second kappa shape index (κ2) is 7.53. The van der Waals surface area contributed by atoms with Gasteiger partial charge in [0.1, 0.15) is 12.4 Å². The van der Waals surface area contributed by atoms with Gasteiger partial charge in [0.15, 0.2) is 11.2 Å². The zero-order valence-electron chi connectivity index (χ0n) is 13.6. The summed E-state index contributed by atoms with van der Waals surface area (Å²) in [5, 5.41) is 2.91. The summed E-state index contributed by atoms with van der Waals surface area (Å²) in [5.41, 5.74) is 0.770. The van der Waals surface area contributed by atoms with Gasteiger partial charge in [0, 0.05) is 22.9 Å².